The van der Waals surface area contributed by atoms with Crippen molar-refractivity contribution in [2.75, 3.05) is 47.5 Å². The lowest BCUT2D eigenvalue weighted by molar-refractivity contribution is -0.870. The second-order valence-corrected chi connectivity index (χ2v) is 23.2. The van der Waals surface area contributed by atoms with Gasteiger partial charge in [-0.25, -0.2) is 4.57 Å². The Morgan fingerprint density at radius 2 is 0.803 bits per heavy atom. The lowest BCUT2D eigenvalue weighted by Gasteiger charge is -2.24. The van der Waals surface area contributed by atoms with Gasteiger partial charge < -0.3 is 18.9 Å². The minimum atomic E-state index is -4.39. The van der Waals surface area contributed by atoms with E-state index in [1.54, 1.807) is 0 Å². The molecule has 0 heterocycles. The number of unbranched alkanes of at least 4 members (excludes halogenated alkanes) is 36. The molecule has 0 bridgehead atoms. The Labute approximate surface area is 440 Å². The number of likely N-dealkylation sites (N-methyl/N-ethyl adjacent to an activating group) is 1. The third kappa shape index (κ3) is 57.4. The summed E-state index contributed by atoms with van der Waals surface area (Å²) in [6.07, 6.45) is 65.5. The molecule has 418 valence electrons. The highest BCUT2D eigenvalue weighted by Gasteiger charge is 2.27. The summed E-state index contributed by atoms with van der Waals surface area (Å²) in [5.74, 6) is -0.821. The molecule has 1 N–H and O–H groups in total. The van der Waals surface area contributed by atoms with Crippen molar-refractivity contribution in [3.8, 4) is 0 Å². The Hall–Kier alpha value is -1.77. The van der Waals surface area contributed by atoms with Gasteiger partial charge in [0.05, 0.1) is 27.7 Å². The Morgan fingerprint density at radius 3 is 1.20 bits per heavy atom. The molecule has 0 amide bonds. The van der Waals surface area contributed by atoms with Crippen molar-refractivity contribution in [1.29, 1.82) is 0 Å². The van der Waals surface area contributed by atoms with Crippen LogP contribution in [-0.2, 0) is 32.7 Å². The molecule has 2 unspecified atom stereocenters. The number of carbonyl (C=O) groups is 2. The average molecular weight is 1020 g/mol. The van der Waals surface area contributed by atoms with E-state index in [9.17, 15) is 19.0 Å². The number of hydrogen-bond donors (Lipinski definition) is 1. The topological polar surface area (TPSA) is 108 Å². The fourth-order valence-corrected chi connectivity index (χ4v) is 9.54. The number of nitrogens with zero attached hydrogens (tertiary/aromatic N) is 1. The van der Waals surface area contributed by atoms with Crippen molar-refractivity contribution in [3.05, 3.63) is 36.5 Å². The van der Waals surface area contributed by atoms with E-state index in [4.69, 9.17) is 18.5 Å². The van der Waals surface area contributed by atoms with E-state index in [-0.39, 0.29) is 32.0 Å². The van der Waals surface area contributed by atoms with Gasteiger partial charge in [-0.3, -0.25) is 18.6 Å². The van der Waals surface area contributed by atoms with Gasteiger partial charge in [0, 0.05) is 12.8 Å². The zero-order chi connectivity index (χ0) is 52.0. The average Bonchev–Trinajstić information content (AvgIpc) is 3.33. The van der Waals surface area contributed by atoms with E-state index < -0.39 is 26.5 Å². The molecule has 71 heavy (non-hydrogen) atoms. The number of ether oxygens (including phenoxy) is 2. The number of rotatable bonds is 56. The number of phosphoric acid groups is 1. The molecule has 0 saturated carbocycles. The number of carbonyl (C=O) groups excluding carboxylic acids is 2. The van der Waals surface area contributed by atoms with E-state index in [1.807, 2.05) is 21.1 Å². The summed E-state index contributed by atoms with van der Waals surface area (Å²) in [6, 6.07) is 0. The predicted octanol–water partition coefficient (Wildman–Crippen LogP) is 18.8. The molecule has 0 radical (unpaired) electrons. The van der Waals surface area contributed by atoms with Crippen molar-refractivity contribution in [2.45, 2.75) is 296 Å². The van der Waals surface area contributed by atoms with E-state index in [1.165, 1.54) is 199 Å². The number of esters is 2. The number of hydrogen-bond acceptors (Lipinski definition) is 7. The molecule has 0 spiro atoms. The van der Waals surface area contributed by atoms with Gasteiger partial charge in [0.25, 0.3) is 0 Å². The van der Waals surface area contributed by atoms with Crippen molar-refractivity contribution < 1.29 is 42.1 Å². The van der Waals surface area contributed by atoms with Crippen LogP contribution in [0.1, 0.15) is 290 Å². The minimum Gasteiger partial charge on any atom is -0.462 e. The predicted molar refractivity (Wildman–Crippen MR) is 303 cm³/mol. The summed E-state index contributed by atoms with van der Waals surface area (Å²) < 4.78 is 34.4. The van der Waals surface area contributed by atoms with Crippen LogP contribution in [0.25, 0.3) is 0 Å². The summed E-state index contributed by atoms with van der Waals surface area (Å²) >= 11 is 0. The number of phosphoric ester groups is 1. The summed E-state index contributed by atoms with van der Waals surface area (Å²) in [4.78, 5) is 35.6. The maximum atomic E-state index is 12.7. The van der Waals surface area contributed by atoms with E-state index in [0.29, 0.717) is 17.4 Å². The SMILES string of the molecule is CC/C=C\C/C=C\C/C=C\CCCCCC(=O)OC(COC(=O)CCCCCCCCCCCCCCCCCCCCCCCCCCCCCCCCCCCC)COP(=O)(O)OCC[N+](C)(C)C. The smallest absolute Gasteiger partial charge is 0.462 e. The van der Waals surface area contributed by atoms with Gasteiger partial charge in [-0.15, -0.1) is 0 Å². The Kier molecular flexibility index (Phi) is 51.7. The summed E-state index contributed by atoms with van der Waals surface area (Å²) in [7, 11) is 1.47. The first-order chi connectivity index (χ1) is 34.5. The Bertz CT molecular complexity index is 1300. The maximum absolute atomic E-state index is 12.7. The molecule has 0 aliphatic carbocycles. The van der Waals surface area contributed by atoms with Crippen LogP contribution in [0.2, 0.25) is 0 Å². The molecule has 0 rings (SSSR count). The van der Waals surface area contributed by atoms with Gasteiger partial charge in [-0.05, 0) is 44.9 Å². The van der Waals surface area contributed by atoms with Crippen molar-refractivity contribution in [3.63, 3.8) is 0 Å². The van der Waals surface area contributed by atoms with Crippen LogP contribution in [0.5, 0.6) is 0 Å². The summed E-state index contributed by atoms with van der Waals surface area (Å²) in [5.41, 5.74) is 0. The van der Waals surface area contributed by atoms with Crippen LogP contribution in [-0.4, -0.2) is 74.9 Å². The van der Waals surface area contributed by atoms with Crippen LogP contribution < -0.4 is 0 Å². The molecular formula is C61H117NO8P+. The van der Waals surface area contributed by atoms with Gasteiger partial charge in [0.2, 0.25) is 0 Å². The molecule has 0 aliphatic rings. The molecule has 10 heteroatoms. The highest BCUT2D eigenvalue weighted by Crippen LogP contribution is 2.43. The standard InChI is InChI=1S/C61H116NO8P/c1-6-8-10-12-14-16-18-20-21-22-23-24-25-26-27-28-29-30-31-32-33-34-35-36-37-38-39-40-42-43-45-47-49-51-53-60(63)67-57-59(58-69-71(65,66)68-56-55-62(3,4)5)70-61(64)54-52-50-48-46-44-41-19-17-15-13-11-9-7-2/h9,11,15,17,41,44,59H,6-8,10,12-14,16,18-40,42-43,45-58H2,1-5H3/p+1/b11-9-,17-15-,44-41-. The van der Waals surface area contributed by atoms with Gasteiger partial charge in [-0.2, -0.15) is 0 Å². The fourth-order valence-electron chi connectivity index (χ4n) is 8.80. The van der Waals surface area contributed by atoms with Crippen molar-refractivity contribution >= 4 is 19.8 Å². The zero-order valence-corrected chi connectivity index (χ0v) is 48.4. The molecule has 2 atom stereocenters. The lowest BCUT2D eigenvalue weighted by atomic mass is 10.0. The van der Waals surface area contributed by atoms with Crippen molar-refractivity contribution in [2.24, 2.45) is 0 Å². The van der Waals surface area contributed by atoms with Gasteiger partial charge in [0.1, 0.15) is 19.8 Å². The van der Waals surface area contributed by atoms with E-state index in [2.05, 4.69) is 50.3 Å². The molecule has 0 saturated heterocycles. The Balaban J connectivity index is 3.91. The van der Waals surface area contributed by atoms with Crippen LogP contribution >= 0.6 is 7.82 Å². The van der Waals surface area contributed by atoms with Gasteiger partial charge in [0.15, 0.2) is 6.10 Å². The lowest BCUT2D eigenvalue weighted by Crippen LogP contribution is -2.37. The molecule has 0 fully saturated rings. The Morgan fingerprint density at radius 1 is 0.451 bits per heavy atom. The first kappa shape index (κ1) is 69.2. The highest BCUT2D eigenvalue weighted by atomic mass is 31.2. The second-order valence-electron chi connectivity index (χ2n) is 21.7. The molecule has 9 nitrogen and oxygen atoms in total. The number of quaternary nitrogens is 1. The quantitative estimate of drug-likeness (QED) is 0.0211. The fraction of sp³-hybridized carbons (Fsp3) is 0.869. The first-order valence-corrected chi connectivity index (χ1v) is 31.7. The zero-order valence-electron chi connectivity index (χ0n) is 47.5. The van der Waals surface area contributed by atoms with Crippen LogP contribution in [0.15, 0.2) is 36.5 Å². The first-order valence-electron chi connectivity index (χ1n) is 30.2. The molecule has 0 aromatic rings. The second kappa shape index (κ2) is 53.1. The minimum absolute atomic E-state index is 0.0268. The molecule has 0 aromatic carbocycles. The largest absolute Gasteiger partial charge is 0.472 e. The highest BCUT2D eigenvalue weighted by molar-refractivity contribution is 7.47. The van der Waals surface area contributed by atoms with Crippen LogP contribution in [0.4, 0.5) is 0 Å². The van der Waals surface area contributed by atoms with Gasteiger partial charge in [-0.1, -0.05) is 269 Å². The molecule has 0 aromatic heterocycles. The number of allylic oxidation sites excluding steroid dienone is 6. The maximum Gasteiger partial charge on any atom is 0.472 e. The van der Waals surface area contributed by atoms with Gasteiger partial charge >= 0.3 is 19.8 Å². The third-order valence-corrected chi connectivity index (χ3v) is 14.4. The summed E-state index contributed by atoms with van der Waals surface area (Å²) in [6.45, 7) is 4.32. The molecular weight excluding hydrogens is 906 g/mol. The van der Waals surface area contributed by atoms with Crippen LogP contribution in [0, 0.1) is 0 Å². The van der Waals surface area contributed by atoms with Crippen molar-refractivity contribution in [1.82, 2.24) is 0 Å². The molecule has 0 aliphatic heterocycles. The van der Waals surface area contributed by atoms with E-state index >= 15 is 0 Å². The van der Waals surface area contributed by atoms with E-state index in [0.717, 1.165) is 57.8 Å². The monoisotopic (exact) mass is 1020 g/mol. The third-order valence-electron chi connectivity index (χ3n) is 13.4. The normalized spacial score (nSPS) is 13.5. The summed E-state index contributed by atoms with van der Waals surface area (Å²) in [5, 5.41) is 0. The van der Waals surface area contributed by atoms with Crippen LogP contribution in [0.3, 0.4) is 0 Å².